The molecule has 2 amide bonds. The molecule has 5 heteroatoms. The zero-order valence-corrected chi connectivity index (χ0v) is 14.8. The molecule has 0 bridgehead atoms. The lowest BCUT2D eigenvalue weighted by atomic mass is 10.1. The van der Waals surface area contributed by atoms with Crippen LogP contribution in [0.1, 0.15) is 18.1 Å². The number of carbonyl (C=O) groups is 2. The Labute approximate surface area is 144 Å². The molecule has 120 valence electrons. The predicted molar refractivity (Wildman–Crippen MR) is 95.0 cm³/mol. The van der Waals surface area contributed by atoms with Crippen molar-refractivity contribution in [3.05, 3.63) is 64.1 Å². The second kappa shape index (κ2) is 7.92. The van der Waals surface area contributed by atoms with Crippen LogP contribution >= 0.6 is 15.9 Å². The molecule has 2 aromatic carbocycles. The van der Waals surface area contributed by atoms with Crippen molar-refractivity contribution >= 4 is 33.4 Å². The van der Waals surface area contributed by atoms with Crippen molar-refractivity contribution in [1.29, 1.82) is 0 Å². The van der Waals surface area contributed by atoms with Crippen molar-refractivity contribution < 1.29 is 9.59 Å². The number of carbonyl (C=O) groups excluding carboxylic acids is 2. The van der Waals surface area contributed by atoms with Crippen molar-refractivity contribution in [2.45, 2.75) is 20.4 Å². The maximum atomic E-state index is 12.2. The van der Waals surface area contributed by atoms with Gasteiger partial charge in [-0.1, -0.05) is 45.8 Å². The third kappa shape index (κ3) is 5.53. The van der Waals surface area contributed by atoms with Gasteiger partial charge in [-0.15, -0.1) is 0 Å². The van der Waals surface area contributed by atoms with Gasteiger partial charge in [0.25, 0.3) is 0 Å². The standard InChI is InChI=1S/C18H19BrN2O2/c1-13-4-3-5-15(10-13)11-21(14(2)22)12-18(23)20-17-8-6-16(19)7-9-17/h3-10H,11-12H2,1-2H3,(H,20,23). The normalized spacial score (nSPS) is 10.2. The summed E-state index contributed by atoms with van der Waals surface area (Å²) < 4.78 is 0.945. The molecule has 0 spiro atoms. The van der Waals surface area contributed by atoms with E-state index in [2.05, 4.69) is 21.2 Å². The van der Waals surface area contributed by atoms with E-state index < -0.39 is 0 Å². The first-order valence-corrected chi connectivity index (χ1v) is 8.10. The second-order valence-corrected chi connectivity index (χ2v) is 6.33. The average molecular weight is 375 g/mol. The lowest BCUT2D eigenvalue weighted by Crippen LogP contribution is -2.36. The Morgan fingerprint density at radius 1 is 1.13 bits per heavy atom. The monoisotopic (exact) mass is 374 g/mol. The molecule has 0 heterocycles. The molecular weight excluding hydrogens is 356 g/mol. The third-order valence-corrected chi connectivity index (χ3v) is 3.89. The molecule has 0 saturated heterocycles. The largest absolute Gasteiger partial charge is 0.329 e. The van der Waals surface area contributed by atoms with Gasteiger partial charge >= 0.3 is 0 Å². The topological polar surface area (TPSA) is 49.4 Å². The van der Waals surface area contributed by atoms with Crippen molar-refractivity contribution in [2.75, 3.05) is 11.9 Å². The van der Waals surface area contributed by atoms with Crippen molar-refractivity contribution in [2.24, 2.45) is 0 Å². The number of nitrogens with one attached hydrogen (secondary N) is 1. The highest BCUT2D eigenvalue weighted by molar-refractivity contribution is 9.10. The predicted octanol–water partition coefficient (Wildman–Crippen LogP) is 3.74. The fourth-order valence-corrected chi connectivity index (χ4v) is 2.48. The molecule has 0 aliphatic carbocycles. The molecule has 23 heavy (non-hydrogen) atoms. The van der Waals surface area contributed by atoms with E-state index in [0.717, 1.165) is 15.6 Å². The molecule has 0 aliphatic heterocycles. The zero-order valence-electron chi connectivity index (χ0n) is 13.2. The van der Waals surface area contributed by atoms with Crippen LogP contribution in [0.4, 0.5) is 5.69 Å². The SMILES string of the molecule is CC(=O)N(CC(=O)Nc1ccc(Br)cc1)Cc1cccc(C)c1. The number of anilines is 1. The first-order chi connectivity index (χ1) is 10.9. The first-order valence-electron chi connectivity index (χ1n) is 7.30. The minimum atomic E-state index is -0.213. The molecule has 0 fully saturated rings. The molecule has 2 rings (SSSR count). The van der Waals surface area contributed by atoms with E-state index in [9.17, 15) is 9.59 Å². The third-order valence-electron chi connectivity index (χ3n) is 3.36. The summed E-state index contributed by atoms with van der Waals surface area (Å²) in [5, 5.41) is 2.80. The number of nitrogens with zero attached hydrogens (tertiary/aromatic N) is 1. The molecule has 0 saturated carbocycles. The minimum Gasteiger partial charge on any atom is -0.329 e. The Morgan fingerprint density at radius 3 is 2.43 bits per heavy atom. The summed E-state index contributed by atoms with van der Waals surface area (Å²) in [4.78, 5) is 25.5. The lowest BCUT2D eigenvalue weighted by molar-refractivity contribution is -0.133. The summed E-state index contributed by atoms with van der Waals surface area (Å²) in [6.45, 7) is 3.93. The van der Waals surface area contributed by atoms with Gasteiger partial charge in [0.05, 0.1) is 0 Å². The molecule has 1 N–H and O–H groups in total. The van der Waals surface area contributed by atoms with Crippen LogP contribution in [0.25, 0.3) is 0 Å². The van der Waals surface area contributed by atoms with Crippen LogP contribution < -0.4 is 5.32 Å². The Bertz CT molecular complexity index is 698. The highest BCUT2D eigenvalue weighted by Gasteiger charge is 2.14. The molecule has 4 nitrogen and oxygen atoms in total. The molecular formula is C18H19BrN2O2. The van der Waals surface area contributed by atoms with Gasteiger partial charge in [-0.25, -0.2) is 0 Å². The van der Waals surface area contributed by atoms with Gasteiger partial charge in [-0.05, 0) is 36.8 Å². The number of hydrogen-bond donors (Lipinski definition) is 1. The van der Waals surface area contributed by atoms with Crippen LogP contribution in [0.2, 0.25) is 0 Å². The van der Waals surface area contributed by atoms with Crippen LogP contribution in [0.5, 0.6) is 0 Å². The summed E-state index contributed by atoms with van der Waals surface area (Å²) in [6, 6.07) is 15.2. The van der Waals surface area contributed by atoms with Gasteiger partial charge in [-0.2, -0.15) is 0 Å². The van der Waals surface area contributed by atoms with Gasteiger partial charge in [0.1, 0.15) is 6.54 Å². The van der Waals surface area contributed by atoms with Crippen LogP contribution in [0, 0.1) is 6.92 Å². The molecule has 0 radical (unpaired) electrons. The molecule has 0 atom stereocenters. The minimum absolute atomic E-state index is 0.0271. The average Bonchev–Trinajstić information content (AvgIpc) is 2.49. The summed E-state index contributed by atoms with van der Waals surface area (Å²) in [5.41, 5.74) is 2.85. The Balaban J connectivity index is 1.99. The molecule has 0 unspecified atom stereocenters. The Kier molecular flexibility index (Phi) is 5.93. The van der Waals surface area contributed by atoms with Crippen molar-refractivity contribution in [3.63, 3.8) is 0 Å². The summed E-state index contributed by atoms with van der Waals surface area (Å²) >= 11 is 3.35. The van der Waals surface area contributed by atoms with Gasteiger partial charge in [0.2, 0.25) is 11.8 Å². The number of amides is 2. The fraction of sp³-hybridized carbons (Fsp3) is 0.222. The van der Waals surface area contributed by atoms with Crippen LogP contribution in [0.15, 0.2) is 53.0 Å². The van der Waals surface area contributed by atoms with Crippen LogP contribution in [-0.2, 0) is 16.1 Å². The van der Waals surface area contributed by atoms with E-state index in [1.54, 1.807) is 12.1 Å². The highest BCUT2D eigenvalue weighted by atomic mass is 79.9. The maximum Gasteiger partial charge on any atom is 0.244 e. The lowest BCUT2D eigenvalue weighted by Gasteiger charge is -2.21. The van der Waals surface area contributed by atoms with E-state index in [1.165, 1.54) is 11.8 Å². The van der Waals surface area contributed by atoms with E-state index >= 15 is 0 Å². The summed E-state index contributed by atoms with van der Waals surface area (Å²) in [5.74, 6) is -0.340. The summed E-state index contributed by atoms with van der Waals surface area (Å²) in [6.07, 6.45) is 0. The molecule has 0 aromatic heterocycles. The number of halogens is 1. The quantitative estimate of drug-likeness (QED) is 0.866. The maximum absolute atomic E-state index is 12.2. The van der Waals surface area contributed by atoms with Gasteiger partial charge in [-0.3, -0.25) is 9.59 Å². The smallest absolute Gasteiger partial charge is 0.244 e. The van der Waals surface area contributed by atoms with Crippen molar-refractivity contribution in [1.82, 2.24) is 4.90 Å². The first kappa shape index (κ1) is 17.2. The number of benzene rings is 2. The van der Waals surface area contributed by atoms with Crippen molar-refractivity contribution in [3.8, 4) is 0 Å². The second-order valence-electron chi connectivity index (χ2n) is 5.42. The van der Waals surface area contributed by atoms with E-state index in [1.807, 2.05) is 43.3 Å². The van der Waals surface area contributed by atoms with Crippen LogP contribution in [-0.4, -0.2) is 23.3 Å². The van der Waals surface area contributed by atoms with Gasteiger partial charge in [0.15, 0.2) is 0 Å². The zero-order chi connectivity index (χ0) is 16.8. The Hall–Kier alpha value is -2.14. The van der Waals surface area contributed by atoms with E-state index in [0.29, 0.717) is 12.2 Å². The van der Waals surface area contributed by atoms with E-state index in [-0.39, 0.29) is 18.4 Å². The van der Waals surface area contributed by atoms with E-state index in [4.69, 9.17) is 0 Å². The van der Waals surface area contributed by atoms with Gasteiger partial charge < -0.3 is 10.2 Å². The number of hydrogen-bond acceptors (Lipinski definition) is 2. The number of aryl methyl sites for hydroxylation is 1. The Morgan fingerprint density at radius 2 is 1.83 bits per heavy atom. The highest BCUT2D eigenvalue weighted by Crippen LogP contribution is 2.14. The van der Waals surface area contributed by atoms with Gasteiger partial charge in [0, 0.05) is 23.6 Å². The fourth-order valence-electron chi connectivity index (χ4n) is 2.22. The summed E-state index contributed by atoms with van der Waals surface area (Å²) in [7, 11) is 0. The van der Waals surface area contributed by atoms with Crippen LogP contribution in [0.3, 0.4) is 0 Å². The number of rotatable bonds is 5. The molecule has 0 aliphatic rings. The molecule has 2 aromatic rings.